The molecular weight excluding hydrogens is 190 g/mol. The number of imidazole rings is 1. The van der Waals surface area contributed by atoms with Crippen molar-refractivity contribution in [1.29, 1.82) is 0 Å². The molecule has 0 aliphatic heterocycles. The smallest absolute Gasteiger partial charge is 0.182 e. The number of anilines is 1. The Kier molecular flexibility index (Phi) is 2.05. The van der Waals surface area contributed by atoms with E-state index in [4.69, 9.17) is 6.42 Å². The lowest BCUT2D eigenvalue weighted by Crippen LogP contribution is -2.29. The summed E-state index contributed by atoms with van der Waals surface area (Å²) in [5.41, 5.74) is 0.938. The van der Waals surface area contributed by atoms with Gasteiger partial charge in [-0.2, -0.15) is 0 Å². The van der Waals surface area contributed by atoms with E-state index in [0.29, 0.717) is 11.5 Å². The fourth-order valence-corrected chi connectivity index (χ4v) is 1.19. The summed E-state index contributed by atoms with van der Waals surface area (Å²) in [6.07, 6.45) is 8.43. The van der Waals surface area contributed by atoms with E-state index in [9.17, 15) is 0 Å². The Bertz CT molecular complexity index is 520. The quantitative estimate of drug-likeness (QED) is 0.716. The molecule has 0 unspecified atom stereocenters. The average Bonchev–Trinajstić information content (AvgIpc) is 2.66. The van der Waals surface area contributed by atoms with Gasteiger partial charge in [0.25, 0.3) is 0 Å². The van der Waals surface area contributed by atoms with Gasteiger partial charge in [0.1, 0.15) is 11.8 Å². The van der Waals surface area contributed by atoms with Crippen LogP contribution in [0.4, 0.5) is 5.82 Å². The van der Waals surface area contributed by atoms with Gasteiger partial charge in [-0.15, -0.1) is 6.42 Å². The average molecular weight is 201 g/mol. The van der Waals surface area contributed by atoms with Crippen molar-refractivity contribution in [2.24, 2.45) is 0 Å². The van der Waals surface area contributed by atoms with Gasteiger partial charge >= 0.3 is 0 Å². The summed E-state index contributed by atoms with van der Waals surface area (Å²) in [4.78, 5) is 15.1. The van der Waals surface area contributed by atoms with Crippen LogP contribution in [-0.2, 0) is 0 Å². The van der Waals surface area contributed by atoms with Crippen LogP contribution in [0.5, 0.6) is 0 Å². The second-order valence-electron chi connectivity index (χ2n) is 3.72. The number of nitrogens with zero attached hydrogens (tertiary/aromatic N) is 3. The molecule has 76 valence electrons. The summed E-state index contributed by atoms with van der Waals surface area (Å²) < 4.78 is 0. The minimum absolute atomic E-state index is 0.452. The zero-order valence-corrected chi connectivity index (χ0v) is 8.57. The Morgan fingerprint density at radius 1 is 1.40 bits per heavy atom. The second-order valence-corrected chi connectivity index (χ2v) is 3.72. The van der Waals surface area contributed by atoms with Crippen LogP contribution in [0.3, 0.4) is 0 Å². The molecule has 5 heteroatoms. The molecule has 2 aromatic rings. The lowest BCUT2D eigenvalue weighted by atomic mass is 10.1. The molecule has 0 radical (unpaired) electrons. The van der Waals surface area contributed by atoms with Crippen LogP contribution < -0.4 is 5.32 Å². The first-order valence-corrected chi connectivity index (χ1v) is 4.52. The van der Waals surface area contributed by atoms with Gasteiger partial charge < -0.3 is 10.3 Å². The number of H-pyrrole nitrogens is 1. The van der Waals surface area contributed by atoms with E-state index in [1.54, 1.807) is 6.33 Å². The van der Waals surface area contributed by atoms with Crippen LogP contribution in [0.15, 0.2) is 12.7 Å². The first-order chi connectivity index (χ1) is 7.12. The number of hydrogen-bond donors (Lipinski definition) is 2. The fourth-order valence-electron chi connectivity index (χ4n) is 1.19. The second kappa shape index (κ2) is 3.24. The SMILES string of the molecule is C#CC(C)(C)Nc1ncnc2nc[nH]c12. The van der Waals surface area contributed by atoms with E-state index < -0.39 is 5.54 Å². The number of nitrogens with one attached hydrogen (secondary N) is 2. The number of hydrogen-bond acceptors (Lipinski definition) is 4. The minimum Gasteiger partial charge on any atom is -0.352 e. The van der Waals surface area contributed by atoms with Crippen LogP contribution in [0.1, 0.15) is 13.8 Å². The van der Waals surface area contributed by atoms with Gasteiger partial charge in [-0.3, -0.25) is 0 Å². The van der Waals surface area contributed by atoms with E-state index in [2.05, 4.69) is 31.2 Å². The third kappa shape index (κ3) is 1.74. The molecule has 2 aromatic heterocycles. The number of aromatic nitrogens is 4. The molecule has 15 heavy (non-hydrogen) atoms. The van der Waals surface area contributed by atoms with Gasteiger partial charge in [-0.05, 0) is 13.8 Å². The highest BCUT2D eigenvalue weighted by Crippen LogP contribution is 2.18. The van der Waals surface area contributed by atoms with E-state index in [0.717, 1.165) is 5.52 Å². The Morgan fingerprint density at radius 3 is 2.93 bits per heavy atom. The molecule has 0 fully saturated rings. The molecule has 0 spiro atoms. The fraction of sp³-hybridized carbons (Fsp3) is 0.300. The highest BCUT2D eigenvalue weighted by atomic mass is 15.1. The number of aromatic amines is 1. The molecule has 2 rings (SSSR count). The molecule has 0 amide bonds. The Balaban J connectivity index is 2.45. The van der Waals surface area contributed by atoms with Crippen molar-refractivity contribution in [3.05, 3.63) is 12.7 Å². The summed E-state index contributed by atoms with van der Waals surface area (Å²) in [5, 5.41) is 3.14. The first kappa shape index (κ1) is 9.46. The monoisotopic (exact) mass is 201 g/mol. The standard InChI is InChI=1S/C10H11N5/c1-4-10(2,3)15-9-7-8(12-5-11-7)13-6-14-9/h1,5-6H,2-3H3,(H2,11,12,13,14,15). The van der Waals surface area contributed by atoms with Crippen molar-refractivity contribution in [1.82, 2.24) is 19.9 Å². The molecule has 0 saturated heterocycles. The highest BCUT2D eigenvalue weighted by molar-refractivity contribution is 5.82. The maximum atomic E-state index is 5.39. The van der Waals surface area contributed by atoms with Crippen molar-refractivity contribution < 1.29 is 0 Å². The van der Waals surface area contributed by atoms with E-state index in [1.165, 1.54) is 6.33 Å². The Labute approximate surface area is 87.4 Å². The lowest BCUT2D eigenvalue weighted by Gasteiger charge is -2.20. The van der Waals surface area contributed by atoms with E-state index in [1.807, 2.05) is 13.8 Å². The zero-order chi connectivity index (χ0) is 10.9. The number of rotatable bonds is 2. The van der Waals surface area contributed by atoms with Gasteiger partial charge in [0, 0.05) is 0 Å². The van der Waals surface area contributed by atoms with Crippen molar-refractivity contribution in [2.45, 2.75) is 19.4 Å². The van der Waals surface area contributed by atoms with Crippen molar-refractivity contribution in [3.8, 4) is 12.3 Å². The summed E-state index contributed by atoms with van der Waals surface area (Å²) in [6.45, 7) is 3.80. The molecule has 0 aliphatic carbocycles. The van der Waals surface area contributed by atoms with Gasteiger partial charge in [0.15, 0.2) is 11.5 Å². The first-order valence-electron chi connectivity index (χ1n) is 4.52. The molecule has 2 N–H and O–H groups in total. The topological polar surface area (TPSA) is 66.5 Å². The summed E-state index contributed by atoms with van der Waals surface area (Å²) in [5.74, 6) is 3.31. The van der Waals surface area contributed by atoms with E-state index in [-0.39, 0.29) is 0 Å². The highest BCUT2D eigenvalue weighted by Gasteiger charge is 2.16. The van der Waals surface area contributed by atoms with Crippen molar-refractivity contribution in [2.75, 3.05) is 5.32 Å². The molecule has 0 bridgehead atoms. The summed E-state index contributed by atoms with van der Waals surface area (Å²) in [7, 11) is 0. The molecule has 0 atom stereocenters. The molecule has 2 heterocycles. The normalized spacial score (nSPS) is 11.3. The third-order valence-electron chi connectivity index (χ3n) is 2.01. The summed E-state index contributed by atoms with van der Waals surface area (Å²) >= 11 is 0. The minimum atomic E-state index is -0.452. The van der Waals surface area contributed by atoms with Crippen LogP contribution in [0.25, 0.3) is 11.2 Å². The molecular formula is C10H11N5. The van der Waals surface area contributed by atoms with Crippen LogP contribution in [0.2, 0.25) is 0 Å². The molecule has 0 aromatic carbocycles. The maximum absolute atomic E-state index is 5.39. The predicted octanol–water partition coefficient (Wildman–Crippen LogP) is 1.18. The van der Waals surface area contributed by atoms with Crippen LogP contribution in [-0.4, -0.2) is 25.5 Å². The molecule has 0 saturated carbocycles. The Morgan fingerprint density at radius 2 is 2.20 bits per heavy atom. The van der Waals surface area contributed by atoms with Crippen LogP contribution in [0, 0.1) is 12.3 Å². The van der Waals surface area contributed by atoms with E-state index >= 15 is 0 Å². The zero-order valence-electron chi connectivity index (χ0n) is 8.57. The third-order valence-corrected chi connectivity index (χ3v) is 2.01. The van der Waals surface area contributed by atoms with Gasteiger partial charge in [-0.1, -0.05) is 5.92 Å². The molecule has 5 nitrogen and oxygen atoms in total. The number of fused-ring (bicyclic) bond motifs is 1. The van der Waals surface area contributed by atoms with Gasteiger partial charge in [0.05, 0.1) is 11.9 Å². The largest absolute Gasteiger partial charge is 0.352 e. The predicted molar refractivity (Wildman–Crippen MR) is 58.2 cm³/mol. The Hall–Kier alpha value is -2.09. The summed E-state index contributed by atoms with van der Waals surface area (Å²) in [6, 6.07) is 0. The maximum Gasteiger partial charge on any atom is 0.182 e. The lowest BCUT2D eigenvalue weighted by molar-refractivity contribution is 0.737. The number of terminal acetylenes is 1. The molecule has 0 aliphatic rings. The van der Waals surface area contributed by atoms with Gasteiger partial charge in [0.2, 0.25) is 0 Å². The van der Waals surface area contributed by atoms with Crippen LogP contribution >= 0.6 is 0 Å². The van der Waals surface area contributed by atoms with Crippen molar-refractivity contribution >= 4 is 17.0 Å². The van der Waals surface area contributed by atoms with Gasteiger partial charge in [-0.25, -0.2) is 15.0 Å². The van der Waals surface area contributed by atoms with Crippen molar-refractivity contribution in [3.63, 3.8) is 0 Å².